The van der Waals surface area contributed by atoms with Crippen LogP contribution in [-0.2, 0) is 0 Å². The number of carboxylic acid groups (broad SMARTS) is 1. The maximum absolute atomic E-state index is 10.6. The van der Waals surface area contributed by atoms with Crippen molar-refractivity contribution in [3.8, 4) is 0 Å². The molecule has 0 aliphatic heterocycles. The number of H-pyrrole nitrogens is 1. The number of aromatic amines is 1. The van der Waals surface area contributed by atoms with Gasteiger partial charge in [-0.3, -0.25) is 0 Å². The van der Waals surface area contributed by atoms with E-state index in [1.165, 1.54) is 6.07 Å². The molecule has 14 heavy (non-hydrogen) atoms. The lowest BCUT2D eigenvalue weighted by atomic mass is 10.4. The summed E-state index contributed by atoms with van der Waals surface area (Å²) < 4.78 is 0.876. The van der Waals surface area contributed by atoms with Crippen LogP contribution in [0.25, 0.3) is 12.7 Å². The van der Waals surface area contributed by atoms with Gasteiger partial charge in [-0.1, -0.05) is 28.6 Å². The summed E-state index contributed by atoms with van der Waals surface area (Å²) in [6.45, 7) is 5.62. The average Bonchev–Trinajstić information content (AvgIpc) is 2.48. The molecule has 0 amide bonds. The predicted molar refractivity (Wildman–Crippen MR) is 59.7 cm³/mol. The van der Waals surface area contributed by atoms with E-state index in [0.29, 0.717) is 10.6 Å². The maximum atomic E-state index is 10.6. The van der Waals surface area contributed by atoms with E-state index < -0.39 is 5.97 Å². The van der Waals surface area contributed by atoms with Gasteiger partial charge in [0.05, 0.1) is 0 Å². The smallest absolute Gasteiger partial charge is 0.352 e. The lowest BCUT2D eigenvalue weighted by Gasteiger charge is -1.85. The van der Waals surface area contributed by atoms with Gasteiger partial charge >= 0.3 is 5.97 Å². The highest BCUT2D eigenvalue weighted by Crippen LogP contribution is 2.04. The minimum atomic E-state index is -0.980. The van der Waals surface area contributed by atoms with Crippen LogP contribution in [0.1, 0.15) is 17.4 Å². The fourth-order valence-electron chi connectivity index (χ4n) is 0.979. The van der Waals surface area contributed by atoms with Crippen molar-refractivity contribution in [2.75, 3.05) is 0 Å². The summed E-state index contributed by atoms with van der Waals surface area (Å²) in [5, 5.41) is 10.1. The lowest BCUT2D eigenvalue weighted by molar-refractivity contribution is 0.0691. The van der Waals surface area contributed by atoms with Gasteiger partial charge in [0.25, 0.3) is 0 Å². The molecule has 0 bridgehead atoms. The lowest BCUT2D eigenvalue weighted by Crippen LogP contribution is -2.20. The van der Waals surface area contributed by atoms with Crippen molar-refractivity contribution in [3.05, 3.63) is 32.9 Å². The van der Waals surface area contributed by atoms with Gasteiger partial charge in [0.1, 0.15) is 5.69 Å². The third kappa shape index (κ3) is 2.35. The van der Waals surface area contributed by atoms with E-state index in [1.54, 1.807) is 6.08 Å². The monoisotopic (exact) mass is 255 g/mol. The van der Waals surface area contributed by atoms with Crippen LogP contribution in [0.15, 0.2) is 16.6 Å². The number of hydrogen-bond acceptors (Lipinski definition) is 1. The zero-order valence-electron chi connectivity index (χ0n) is 7.67. The van der Waals surface area contributed by atoms with Gasteiger partial charge in [0.15, 0.2) is 0 Å². The van der Waals surface area contributed by atoms with E-state index in [2.05, 4.69) is 27.5 Å². The van der Waals surface area contributed by atoms with Gasteiger partial charge in [0.2, 0.25) is 0 Å². The summed E-state index contributed by atoms with van der Waals surface area (Å²) in [5.74, 6) is -0.980. The molecule has 0 saturated heterocycles. The van der Waals surface area contributed by atoms with Gasteiger partial charge in [-0.25, -0.2) is 4.79 Å². The zero-order valence-corrected chi connectivity index (χ0v) is 9.26. The first-order valence-corrected chi connectivity index (χ1v) is 4.78. The van der Waals surface area contributed by atoms with Crippen LogP contribution in [0.4, 0.5) is 0 Å². The number of aromatic nitrogens is 1. The van der Waals surface area contributed by atoms with Crippen LogP contribution in [0, 0.1) is 0 Å². The van der Waals surface area contributed by atoms with Gasteiger partial charge in [-0.05, 0) is 24.3 Å². The molecule has 74 valence electrons. The van der Waals surface area contributed by atoms with Gasteiger partial charge in [-0.15, -0.1) is 0 Å². The highest BCUT2D eigenvalue weighted by atomic mass is 79.9. The maximum Gasteiger partial charge on any atom is 0.352 e. The molecule has 1 aromatic rings. The van der Waals surface area contributed by atoms with Crippen molar-refractivity contribution in [1.29, 1.82) is 0 Å². The number of hydrogen-bond donors (Lipinski definition) is 2. The van der Waals surface area contributed by atoms with Crippen molar-refractivity contribution < 1.29 is 9.90 Å². The number of carboxylic acids is 1. The van der Waals surface area contributed by atoms with Gasteiger partial charge in [-0.2, -0.15) is 0 Å². The summed E-state index contributed by atoms with van der Waals surface area (Å²) in [5.41, 5.74) is 0.151. The van der Waals surface area contributed by atoms with E-state index in [-0.39, 0.29) is 5.69 Å². The van der Waals surface area contributed by atoms with Crippen molar-refractivity contribution in [2.45, 2.75) is 6.92 Å². The summed E-state index contributed by atoms with van der Waals surface area (Å²) >= 11 is 3.30. The van der Waals surface area contributed by atoms with Gasteiger partial charge in [0, 0.05) is 9.83 Å². The number of carbonyl (C=O) groups is 1. The van der Waals surface area contributed by atoms with E-state index >= 15 is 0 Å². The molecule has 0 saturated carbocycles. The van der Waals surface area contributed by atoms with E-state index in [4.69, 9.17) is 5.11 Å². The Bertz CT molecular complexity index is 485. The molecule has 0 aliphatic carbocycles. The Kier molecular flexibility index (Phi) is 3.30. The number of rotatable bonds is 2. The molecule has 0 unspecified atom stereocenters. The average molecular weight is 256 g/mol. The number of aromatic carboxylic acids is 1. The Morgan fingerprint density at radius 2 is 2.36 bits per heavy atom. The number of halogens is 1. The number of nitrogens with one attached hydrogen (secondary N) is 1. The summed E-state index contributed by atoms with van der Waals surface area (Å²) in [4.78, 5) is 13.4. The largest absolute Gasteiger partial charge is 0.477 e. The predicted octanol–water partition coefficient (Wildman–Crippen LogP) is 1.20. The van der Waals surface area contributed by atoms with Crippen molar-refractivity contribution in [3.63, 3.8) is 0 Å². The second kappa shape index (κ2) is 4.28. The fourth-order valence-corrected chi connectivity index (χ4v) is 1.21. The molecule has 1 aromatic heterocycles. The molecular formula is C10H10BrNO2. The van der Waals surface area contributed by atoms with Crippen molar-refractivity contribution in [2.24, 2.45) is 0 Å². The molecule has 1 heterocycles. The zero-order chi connectivity index (χ0) is 10.7. The summed E-state index contributed by atoms with van der Waals surface area (Å²) in [7, 11) is 0. The minimum Gasteiger partial charge on any atom is -0.477 e. The molecule has 2 N–H and O–H groups in total. The van der Waals surface area contributed by atoms with Crippen LogP contribution in [-0.4, -0.2) is 16.1 Å². The Morgan fingerprint density at radius 1 is 1.71 bits per heavy atom. The molecule has 3 nitrogen and oxygen atoms in total. The first-order valence-electron chi connectivity index (χ1n) is 3.99. The van der Waals surface area contributed by atoms with Crippen LogP contribution >= 0.6 is 15.9 Å². The normalized spacial score (nSPS) is 13.3. The Morgan fingerprint density at radius 3 is 2.79 bits per heavy atom. The molecule has 0 atom stereocenters. The van der Waals surface area contributed by atoms with Crippen LogP contribution in [0.5, 0.6) is 0 Å². The second-order valence-corrected chi connectivity index (χ2v) is 3.66. The molecule has 0 fully saturated rings. The Hall–Kier alpha value is -1.29. The quantitative estimate of drug-likeness (QED) is 0.835. The third-order valence-corrected chi connectivity index (χ3v) is 2.41. The van der Waals surface area contributed by atoms with E-state index in [9.17, 15) is 4.79 Å². The Balaban J connectivity index is 3.31. The number of allylic oxidation sites excluding steroid dienone is 2. The second-order valence-electron chi connectivity index (χ2n) is 2.74. The summed E-state index contributed by atoms with van der Waals surface area (Å²) in [6, 6.07) is 1.50. The topological polar surface area (TPSA) is 53.1 Å². The van der Waals surface area contributed by atoms with Crippen molar-refractivity contribution in [1.82, 2.24) is 4.98 Å². The van der Waals surface area contributed by atoms with E-state index in [0.717, 1.165) is 4.48 Å². The van der Waals surface area contributed by atoms with Crippen LogP contribution in [0.2, 0.25) is 0 Å². The minimum absolute atomic E-state index is 0.151. The molecule has 0 spiro atoms. The van der Waals surface area contributed by atoms with Crippen molar-refractivity contribution >= 4 is 34.6 Å². The molecular weight excluding hydrogens is 246 g/mol. The fraction of sp³-hybridized carbons (Fsp3) is 0.100. The van der Waals surface area contributed by atoms with Crippen LogP contribution < -0.4 is 10.6 Å². The first kappa shape index (κ1) is 10.8. The first-order chi connectivity index (χ1) is 6.54. The molecule has 0 aliphatic rings. The highest BCUT2D eigenvalue weighted by Gasteiger charge is 2.03. The standard InChI is InChI=1S/C10H10BrNO2/c1-3-7(11)5-8-6(2)4-9(12-8)10(13)14/h3-5,12H,2H2,1H3,(H,13,14)/b7-3+,8-5+. The molecule has 0 aromatic carbocycles. The summed E-state index contributed by atoms with van der Waals surface area (Å²) in [6.07, 6.45) is 3.65. The van der Waals surface area contributed by atoms with E-state index in [1.807, 2.05) is 13.0 Å². The third-order valence-electron chi connectivity index (χ3n) is 1.72. The molecule has 4 heteroatoms. The van der Waals surface area contributed by atoms with Gasteiger partial charge < -0.3 is 10.1 Å². The SMILES string of the molecule is C=c1cc(C(=O)O)[nH]/c1=C/C(Br)=C\C. The van der Waals surface area contributed by atoms with Crippen LogP contribution in [0.3, 0.4) is 0 Å². The Labute approximate surface area is 89.6 Å². The molecule has 1 rings (SSSR count). The molecule has 0 radical (unpaired) electrons. The highest BCUT2D eigenvalue weighted by molar-refractivity contribution is 9.12.